The number of carbonyl (C=O) groups excluding carboxylic acids is 1. The van der Waals surface area contributed by atoms with Crippen molar-refractivity contribution >= 4 is 34.7 Å². The van der Waals surface area contributed by atoms with E-state index in [4.69, 9.17) is 11.6 Å². The van der Waals surface area contributed by atoms with E-state index >= 15 is 0 Å². The summed E-state index contributed by atoms with van der Waals surface area (Å²) in [5.74, 6) is 0.127. The number of hydrogen-bond donors (Lipinski definition) is 0. The third-order valence-corrected chi connectivity index (χ3v) is 3.25. The third-order valence-electron chi connectivity index (χ3n) is 1.49. The van der Waals surface area contributed by atoms with Crippen molar-refractivity contribution < 1.29 is 9.18 Å². The van der Waals surface area contributed by atoms with E-state index in [2.05, 4.69) is 4.99 Å². The fraction of sp³-hybridized carbons (Fsp3) is 0.375. The van der Waals surface area contributed by atoms with Gasteiger partial charge in [-0.3, -0.25) is 0 Å². The van der Waals surface area contributed by atoms with Gasteiger partial charge in [0.2, 0.25) is 11.2 Å². The minimum absolute atomic E-state index is 0.0923. The Morgan fingerprint density at radius 2 is 2.23 bits per heavy atom. The highest BCUT2D eigenvalue weighted by atomic mass is 35.5. The van der Waals surface area contributed by atoms with Gasteiger partial charge in [-0.2, -0.15) is 9.38 Å². The molecule has 0 aromatic carbocycles. The lowest BCUT2D eigenvalue weighted by Crippen LogP contribution is -1.80. The molecule has 5 heteroatoms. The minimum Gasteiger partial charge on any atom is -0.211 e. The number of halogens is 2. The average Bonchev–Trinajstić information content (AvgIpc) is 2.32. The second kappa shape index (κ2) is 4.01. The van der Waals surface area contributed by atoms with Crippen LogP contribution >= 0.6 is 22.9 Å². The van der Waals surface area contributed by atoms with E-state index in [0.717, 1.165) is 11.3 Å². The van der Waals surface area contributed by atoms with Crippen LogP contribution in [0.25, 0.3) is 0 Å². The van der Waals surface area contributed by atoms with Crippen molar-refractivity contribution in [1.29, 1.82) is 0 Å². The molecule has 1 aromatic rings. The minimum atomic E-state index is -0.531. The molecule has 1 heterocycles. The van der Waals surface area contributed by atoms with Gasteiger partial charge in [-0.25, -0.2) is 4.79 Å². The predicted molar refractivity (Wildman–Crippen MR) is 51.2 cm³/mol. The van der Waals surface area contributed by atoms with Crippen LogP contribution in [0, 0.1) is 5.13 Å². The zero-order valence-electron chi connectivity index (χ0n) is 7.10. The molecule has 13 heavy (non-hydrogen) atoms. The quantitative estimate of drug-likeness (QED) is 0.552. The molecule has 0 radical (unpaired) electrons. The average molecular weight is 220 g/mol. The summed E-state index contributed by atoms with van der Waals surface area (Å²) < 4.78 is 13.1. The number of hydrogen-bond acceptors (Lipinski definition) is 3. The zero-order valence-corrected chi connectivity index (χ0v) is 8.67. The number of isocyanates is 1. The molecule has 0 aliphatic heterocycles. The maximum atomic E-state index is 13.1. The topological polar surface area (TPSA) is 29.4 Å². The number of aliphatic imine (C=N–C) groups is 1. The van der Waals surface area contributed by atoms with Crippen molar-refractivity contribution in [1.82, 2.24) is 0 Å². The van der Waals surface area contributed by atoms with Crippen LogP contribution in [-0.2, 0) is 4.79 Å². The van der Waals surface area contributed by atoms with Crippen LogP contribution in [0.5, 0.6) is 0 Å². The van der Waals surface area contributed by atoms with E-state index in [9.17, 15) is 9.18 Å². The van der Waals surface area contributed by atoms with Crippen LogP contribution in [0.4, 0.5) is 10.1 Å². The maximum absolute atomic E-state index is 13.1. The summed E-state index contributed by atoms with van der Waals surface area (Å²) in [4.78, 5) is 13.9. The molecule has 0 N–H and O–H groups in total. The van der Waals surface area contributed by atoms with Gasteiger partial charge in [0.05, 0.1) is 5.02 Å². The van der Waals surface area contributed by atoms with E-state index in [1.54, 1.807) is 0 Å². The molecule has 0 aliphatic carbocycles. The second-order valence-electron chi connectivity index (χ2n) is 2.76. The van der Waals surface area contributed by atoms with Crippen LogP contribution < -0.4 is 0 Å². The van der Waals surface area contributed by atoms with Gasteiger partial charge in [0, 0.05) is 4.88 Å². The van der Waals surface area contributed by atoms with Crippen molar-refractivity contribution in [2.24, 2.45) is 4.99 Å². The van der Waals surface area contributed by atoms with Crippen molar-refractivity contribution in [3.8, 4) is 0 Å². The Bertz CT molecular complexity index is 368. The van der Waals surface area contributed by atoms with E-state index in [-0.39, 0.29) is 16.6 Å². The van der Waals surface area contributed by atoms with Gasteiger partial charge in [0.15, 0.2) is 0 Å². The second-order valence-corrected chi connectivity index (χ2v) is 4.14. The smallest absolute Gasteiger partial charge is 0.211 e. The fourth-order valence-corrected chi connectivity index (χ4v) is 2.28. The predicted octanol–water partition coefficient (Wildman–Crippen LogP) is 3.63. The lowest BCUT2D eigenvalue weighted by atomic mass is 10.2. The first-order valence-corrected chi connectivity index (χ1v) is 4.83. The Balaban J connectivity index is 3.30. The summed E-state index contributed by atoms with van der Waals surface area (Å²) >= 11 is 6.72. The molecular formula is C8H7ClFNOS. The maximum Gasteiger partial charge on any atom is 0.240 e. The van der Waals surface area contributed by atoms with Crippen LogP contribution in [0.15, 0.2) is 4.99 Å². The number of thiophene rings is 1. The summed E-state index contributed by atoms with van der Waals surface area (Å²) in [6, 6.07) is 0. The Morgan fingerprint density at radius 1 is 1.62 bits per heavy atom. The van der Waals surface area contributed by atoms with Gasteiger partial charge < -0.3 is 0 Å². The molecular weight excluding hydrogens is 213 g/mol. The van der Waals surface area contributed by atoms with Gasteiger partial charge in [-0.05, 0) is 5.92 Å². The zero-order chi connectivity index (χ0) is 10.0. The molecule has 0 spiro atoms. The van der Waals surface area contributed by atoms with E-state index in [1.165, 1.54) is 6.08 Å². The first-order chi connectivity index (χ1) is 6.07. The normalized spacial score (nSPS) is 10.2. The Hall–Kier alpha value is -0.700. The summed E-state index contributed by atoms with van der Waals surface area (Å²) in [7, 11) is 0. The van der Waals surface area contributed by atoms with Crippen molar-refractivity contribution in [3.63, 3.8) is 0 Å². The van der Waals surface area contributed by atoms with Crippen molar-refractivity contribution in [3.05, 3.63) is 15.0 Å². The summed E-state index contributed by atoms with van der Waals surface area (Å²) in [5, 5.41) is -0.307. The van der Waals surface area contributed by atoms with E-state index in [1.807, 2.05) is 13.8 Å². The highest BCUT2D eigenvalue weighted by Crippen LogP contribution is 2.41. The van der Waals surface area contributed by atoms with Crippen molar-refractivity contribution in [2.75, 3.05) is 0 Å². The fourth-order valence-electron chi connectivity index (χ4n) is 0.903. The molecule has 1 rings (SSSR count). The van der Waals surface area contributed by atoms with Gasteiger partial charge >= 0.3 is 0 Å². The van der Waals surface area contributed by atoms with Gasteiger partial charge in [0.1, 0.15) is 5.69 Å². The Kier molecular flexibility index (Phi) is 3.20. The molecule has 0 bridgehead atoms. The Labute approximate surface area is 84.1 Å². The van der Waals surface area contributed by atoms with Gasteiger partial charge in [0.25, 0.3) is 0 Å². The SMILES string of the molecule is CC(C)c1sc(F)c(N=C=O)c1Cl. The number of nitrogens with zero attached hydrogens (tertiary/aromatic N) is 1. The molecule has 1 aromatic heterocycles. The highest BCUT2D eigenvalue weighted by Gasteiger charge is 2.18. The molecule has 0 atom stereocenters. The molecule has 0 unspecified atom stereocenters. The lowest BCUT2D eigenvalue weighted by Gasteiger charge is -1.99. The molecule has 0 saturated heterocycles. The monoisotopic (exact) mass is 219 g/mol. The Morgan fingerprint density at radius 3 is 2.62 bits per heavy atom. The van der Waals surface area contributed by atoms with Crippen molar-refractivity contribution in [2.45, 2.75) is 19.8 Å². The van der Waals surface area contributed by atoms with Crippen LogP contribution in [0.3, 0.4) is 0 Å². The largest absolute Gasteiger partial charge is 0.240 e. The number of rotatable bonds is 2. The highest BCUT2D eigenvalue weighted by molar-refractivity contribution is 7.11. The standard InChI is InChI=1S/C8H7ClFNOS/c1-4(2)7-5(9)6(11-3-12)8(10)13-7/h4H,1-2H3. The molecule has 2 nitrogen and oxygen atoms in total. The first-order valence-electron chi connectivity index (χ1n) is 3.63. The van der Waals surface area contributed by atoms with Crippen LogP contribution in [-0.4, -0.2) is 6.08 Å². The van der Waals surface area contributed by atoms with E-state index in [0.29, 0.717) is 4.88 Å². The molecule has 0 saturated carbocycles. The molecule has 70 valence electrons. The molecule has 0 amide bonds. The van der Waals surface area contributed by atoms with E-state index < -0.39 is 5.13 Å². The molecule has 0 aliphatic rings. The van der Waals surface area contributed by atoms with Crippen LogP contribution in [0.2, 0.25) is 5.02 Å². The molecule has 0 fully saturated rings. The summed E-state index contributed by atoms with van der Waals surface area (Å²) in [5.41, 5.74) is -0.0923. The van der Waals surface area contributed by atoms with Gasteiger partial charge in [-0.15, -0.1) is 11.3 Å². The van der Waals surface area contributed by atoms with Gasteiger partial charge in [-0.1, -0.05) is 25.4 Å². The first kappa shape index (κ1) is 10.4. The summed E-state index contributed by atoms with van der Waals surface area (Å²) in [6.45, 7) is 3.79. The third kappa shape index (κ3) is 1.97. The lowest BCUT2D eigenvalue weighted by molar-refractivity contribution is 0.564. The summed E-state index contributed by atoms with van der Waals surface area (Å²) in [6.07, 6.45) is 1.28. The van der Waals surface area contributed by atoms with Crippen LogP contribution in [0.1, 0.15) is 24.6 Å².